The van der Waals surface area contributed by atoms with E-state index in [2.05, 4.69) is 66.5 Å². The molecule has 1 fully saturated rings. The summed E-state index contributed by atoms with van der Waals surface area (Å²) < 4.78 is 0. The van der Waals surface area contributed by atoms with Gasteiger partial charge < -0.3 is 5.32 Å². The summed E-state index contributed by atoms with van der Waals surface area (Å²) in [4.78, 5) is 2.58. The summed E-state index contributed by atoms with van der Waals surface area (Å²) >= 11 is 0. The van der Waals surface area contributed by atoms with Crippen molar-refractivity contribution in [1.29, 1.82) is 0 Å². The van der Waals surface area contributed by atoms with E-state index < -0.39 is 0 Å². The molecule has 1 heterocycles. The molecule has 0 aromatic heterocycles. The number of nitrogens with zero attached hydrogens (tertiary/aromatic N) is 1. The second-order valence-corrected chi connectivity index (χ2v) is 6.44. The van der Waals surface area contributed by atoms with Crippen molar-refractivity contribution in [3.8, 4) is 0 Å². The molecule has 0 radical (unpaired) electrons. The van der Waals surface area contributed by atoms with E-state index in [0.29, 0.717) is 0 Å². The van der Waals surface area contributed by atoms with Crippen molar-refractivity contribution in [3.05, 3.63) is 48.0 Å². The van der Waals surface area contributed by atoms with Crippen LogP contribution in [0.15, 0.2) is 42.5 Å². The lowest BCUT2D eigenvalue weighted by molar-refractivity contribution is 0.200. The van der Waals surface area contributed by atoms with Gasteiger partial charge in [0.25, 0.3) is 0 Å². The number of nitrogens with one attached hydrogen (secondary N) is 1. The summed E-state index contributed by atoms with van der Waals surface area (Å²) in [6.07, 6.45) is 0. The first-order chi connectivity index (χ1) is 9.67. The zero-order chi connectivity index (χ0) is 14.0. The largest absolute Gasteiger partial charge is 0.314 e. The molecule has 2 aromatic carbocycles. The minimum absolute atomic E-state index is 0.179. The standard InChI is InChI=1S/C18H24N2/c1-18(2,14-20-12-10-19-11-13-20)17-9-5-7-15-6-3-4-8-16(15)17/h3-9,19H,10-14H2,1-2H3. The zero-order valence-corrected chi connectivity index (χ0v) is 12.5. The third-order valence-electron chi connectivity index (χ3n) is 4.35. The van der Waals surface area contributed by atoms with Crippen LogP contribution in [-0.2, 0) is 5.41 Å². The molecule has 0 unspecified atom stereocenters. The summed E-state index contributed by atoms with van der Waals surface area (Å²) in [5.74, 6) is 0. The Bertz CT molecular complexity index is 577. The summed E-state index contributed by atoms with van der Waals surface area (Å²) in [6.45, 7) is 10.4. The molecule has 3 rings (SSSR count). The van der Waals surface area contributed by atoms with Gasteiger partial charge in [-0.2, -0.15) is 0 Å². The van der Waals surface area contributed by atoms with E-state index in [1.807, 2.05) is 0 Å². The smallest absolute Gasteiger partial charge is 0.0108 e. The van der Waals surface area contributed by atoms with E-state index in [1.165, 1.54) is 16.3 Å². The van der Waals surface area contributed by atoms with Gasteiger partial charge in [-0.25, -0.2) is 0 Å². The van der Waals surface area contributed by atoms with Crippen molar-refractivity contribution in [2.24, 2.45) is 0 Å². The van der Waals surface area contributed by atoms with Gasteiger partial charge in [0.05, 0.1) is 0 Å². The molecular formula is C18H24N2. The van der Waals surface area contributed by atoms with E-state index in [-0.39, 0.29) is 5.41 Å². The van der Waals surface area contributed by atoms with Gasteiger partial charge in [-0.1, -0.05) is 56.3 Å². The van der Waals surface area contributed by atoms with Crippen LogP contribution in [0.1, 0.15) is 19.4 Å². The molecular weight excluding hydrogens is 244 g/mol. The van der Waals surface area contributed by atoms with E-state index in [0.717, 1.165) is 32.7 Å². The number of benzene rings is 2. The predicted octanol–water partition coefficient (Wildman–Crippen LogP) is 3.02. The van der Waals surface area contributed by atoms with Gasteiger partial charge in [0.15, 0.2) is 0 Å². The van der Waals surface area contributed by atoms with Crippen molar-refractivity contribution >= 4 is 10.8 Å². The summed E-state index contributed by atoms with van der Waals surface area (Å²) in [6, 6.07) is 15.4. The molecule has 0 atom stereocenters. The van der Waals surface area contributed by atoms with Crippen LogP contribution >= 0.6 is 0 Å². The molecule has 106 valence electrons. The van der Waals surface area contributed by atoms with E-state index >= 15 is 0 Å². The molecule has 2 nitrogen and oxygen atoms in total. The molecule has 1 saturated heterocycles. The van der Waals surface area contributed by atoms with Crippen molar-refractivity contribution in [2.75, 3.05) is 32.7 Å². The number of fused-ring (bicyclic) bond motifs is 1. The van der Waals surface area contributed by atoms with Crippen LogP contribution in [0.4, 0.5) is 0 Å². The van der Waals surface area contributed by atoms with Crippen LogP contribution in [-0.4, -0.2) is 37.6 Å². The molecule has 1 N–H and O–H groups in total. The van der Waals surface area contributed by atoms with Crippen LogP contribution in [0.5, 0.6) is 0 Å². The lowest BCUT2D eigenvalue weighted by atomic mass is 9.81. The SMILES string of the molecule is CC(C)(CN1CCNCC1)c1cccc2ccccc12. The minimum atomic E-state index is 0.179. The molecule has 2 heteroatoms. The molecule has 0 aliphatic carbocycles. The summed E-state index contributed by atoms with van der Waals surface area (Å²) in [7, 11) is 0. The topological polar surface area (TPSA) is 15.3 Å². The molecule has 1 aliphatic heterocycles. The fourth-order valence-corrected chi connectivity index (χ4v) is 3.33. The minimum Gasteiger partial charge on any atom is -0.314 e. The highest BCUT2D eigenvalue weighted by Crippen LogP contribution is 2.31. The number of hydrogen-bond donors (Lipinski definition) is 1. The Labute approximate surface area is 121 Å². The second kappa shape index (κ2) is 5.55. The van der Waals surface area contributed by atoms with Crippen molar-refractivity contribution in [1.82, 2.24) is 10.2 Å². The average molecular weight is 268 g/mol. The Hall–Kier alpha value is -1.38. The first kappa shape index (κ1) is 13.6. The third-order valence-corrected chi connectivity index (χ3v) is 4.35. The van der Waals surface area contributed by atoms with E-state index in [1.54, 1.807) is 0 Å². The van der Waals surface area contributed by atoms with Gasteiger partial charge in [0.2, 0.25) is 0 Å². The first-order valence-corrected chi connectivity index (χ1v) is 7.58. The van der Waals surface area contributed by atoms with Crippen LogP contribution in [0.3, 0.4) is 0 Å². The fraction of sp³-hybridized carbons (Fsp3) is 0.444. The first-order valence-electron chi connectivity index (χ1n) is 7.58. The maximum atomic E-state index is 3.43. The number of rotatable bonds is 3. The normalized spacial score (nSPS) is 17.5. The van der Waals surface area contributed by atoms with Crippen molar-refractivity contribution in [2.45, 2.75) is 19.3 Å². The fourth-order valence-electron chi connectivity index (χ4n) is 3.33. The van der Waals surface area contributed by atoms with Gasteiger partial charge in [-0.05, 0) is 16.3 Å². The third kappa shape index (κ3) is 2.72. The quantitative estimate of drug-likeness (QED) is 0.920. The maximum absolute atomic E-state index is 3.43. The lowest BCUT2D eigenvalue weighted by Crippen LogP contribution is -2.47. The van der Waals surface area contributed by atoms with Crippen LogP contribution < -0.4 is 5.32 Å². The highest BCUT2D eigenvalue weighted by molar-refractivity contribution is 5.86. The highest BCUT2D eigenvalue weighted by Gasteiger charge is 2.26. The van der Waals surface area contributed by atoms with Crippen LogP contribution in [0.2, 0.25) is 0 Å². The Morgan fingerprint density at radius 3 is 2.50 bits per heavy atom. The Morgan fingerprint density at radius 1 is 1.00 bits per heavy atom. The molecule has 20 heavy (non-hydrogen) atoms. The van der Waals surface area contributed by atoms with Gasteiger partial charge in [-0.3, -0.25) is 4.90 Å². The van der Waals surface area contributed by atoms with E-state index in [9.17, 15) is 0 Å². The maximum Gasteiger partial charge on any atom is 0.0108 e. The van der Waals surface area contributed by atoms with Gasteiger partial charge in [0, 0.05) is 38.1 Å². The molecule has 1 aliphatic rings. The van der Waals surface area contributed by atoms with Gasteiger partial charge in [0.1, 0.15) is 0 Å². The molecule has 0 saturated carbocycles. The Morgan fingerprint density at radius 2 is 1.70 bits per heavy atom. The lowest BCUT2D eigenvalue weighted by Gasteiger charge is -2.36. The predicted molar refractivity (Wildman–Crippen MR) is 86.3 cm³/mol. The molecule has 2 aromatic rings. The van der Waals surface area contributed by atoms with Crippen LogP contribution in [0.25, 0.3) is 10.8 Å². The molecule has 0 spiro atoms. The number of piperazine rings is 1. The van der Waals surface area contributed by atoms with Gasteiger partial charge in [-0.15, -0.1) is 0 Å². The van der Waals surface area contributed by atoms with E-state index in [4.69, 9.17) is 0 Å². The van der Waals surface area contributed by atoms with Crippen molar-refractivity contribution in [3.63, 3.8) is 0 Å². The average Bonchev–Trinajstić information content (AvgIpc) is 2.47. The second-order valence-electron chi connectivity index (χ2n) is 6.44. The van der Waals surface area contributed by atoms with Gasteiger partial charge >= 0.3 is 0 Å². The van der Waals surface area contributed by atoms with Crippen molar-refractivity contribution < 1.29 is 0 Å². The highest BCUT2D eigenvalue weighted by atomic mass is 15.2. The Kier molecular flexibility index (Phi) is 3.77. The summed E-state index contributed by atoms with van der Waals surface area (Å²) in [5, 5.41) is 6.17. The Balaban J connectivity index is 1.91. The zero-order valence-electron chi connectivity index (χ0n) is 12.5. The number of hydrogen-bond acceptors (Lipinski definition) is 2. The van der Waals surface area contributed by atoms with Crippen LogP contribution in [0, 0.1) is 0 Å². The molecule has 0 bridgehead atoms. The monoisotopic (exact) mass is 268 g/mol. The summed E-state index contributed by atoms with van der Waals surface area (Å²) in [5.41, 5.74) is 1.65. The molecule has 0 amide bonds.